The third-order valence-corrected chi connectivity index (χ3v) is 3.01. The molecule has 0 saturated heterocycles. The third kappa shape index (κ3) is 3.33. The summed E-state index contributed by atoms with van der Waals surface area (Å²) in [6, 6.07) is 4.70. The summed E-state index contributed by atoms with van der Waals surface area (Å²) in [5.74, 6) is -1.18. The van der Waals surface area contributed by atoms with Crippen LogP contribution in [-0.2, 0) is 13.1 Å². The van der Waals surface area contributed by atoms with Crippen molar-refractivity contribution in [2.45, 2.75) is 26.9 Å². The average molecular weight is 293 g/mol. The van der Waals surface area contributed by atoms with Gasteiger partial charge in [0.2, 0.25) is 0 Å². The number of hydrogen-bond donors (Lipinski definition) is 1. The van der Waals surface area contributed by atoms with Gasteiger partial charge in [0.05, 0.1) is 5.69 Å². The highest BCUT2D eigenvalue weighted by Gasteiger charge is 2.13. The van der Waals surface area contributed by atoms with E-state index in [0.29, 0.717) is 12.1 Å². The number of nitrogens with zero attached hydrogens (tertiary/aromatic N) is 2. The van der Waals surface area contributed by atoms with Crippen LogP contribution < -0.4 is 11.3 Å². The molecule has 0 aliphatic carbocycles. The number of aromatic nitrogens is 2. The summed E-state index contributed by atoms with van der Waals surface area (Å²) >= 11 is 0. The molecule has 0 spiro atoms. The van der Waals surface area contributed by atoms with E-state index in [2.05, 4.69) is 5.10 Å². The Bertz CT molecular complexity index is 711. The van der Waals surface area contributed by atoms with E-state index in [1.807, 2.05) is 13.8 Å². The molecule has 0 bridgehead atoms. The zero-order valence-electron chi connectivity index (χ0n) is 11.9. The first-order valence-electron chi connectivity index (χ1n) is 6.69. The molecule has 0 atom stereocenters. The maximum absolute atomic E-state index is 13.9. The topological polar surface area (TPSA) is 60.9 Å². The van der Waals surface area contributed by atoms with Crippen molar-refractivity contribution in [1.82, 2.24) is 9.78 Å². The zero-order chi connectivity index (χ0) is 15.6. The Morgan fingerprint density at radius 2 is 2.00 bits per heavy atom. The molecule has 1 aromatic heterocycles. The first-order valence-corrected chi connectivity index (χ1v) is 6.69. The molecule has 1 aromatic carbocycles. The number of nitrogens with two attached hydrogens (primary N) is 1. The van der Waals surface area contributed by atoms with E-state index >= 15 is 0 Å². The molecule has 112 valence electrons. The summed E-state index contributed by atoms with van der Waals surface area (Å²) in [6.07, 6.45) is 0. The zero-order valence-corrected chi connectivity index (χ0v) is 11.9. The van der Waals surface area contributed by atoms with Gasteiger partial charge in [-0.05, 0) is 24.1 Å². The normalized spacial score (nSPS) is 11.1. The molecule has 2 rings (SSSR count). The van der Waals surface area contributed by atoms with Gasteiger partial charge in [-0.25, -0.2) is 13.5 Å². The van der Waals surface area contributed by atoms with Crippen LogP contribution in [0, 0.1) is 17.6 Å². The maximum Gasteiger partial charge on any atom is 0.271 e. The lowest BCUT2D eigenvalue weighted by atomic mass is 10.1. The molecule has 2 N–H and O–H groups in total. The third-order valence-electron chi connectivity index (χ3n) is 3.01. The van der Waals surface area contributed by atoms with Gasteiger partial charge in [-0.15, -0.1) is 0 Å². The van der Waals surface area contributed by atoms with E-state index in [9.17, 15) is 13.6 Å². The smallest absolute Gasteiger partial charge is 0.271 e. The van der Waals surface area contributed by atoms with E-state index in [1.54, 1.807) is 0 Å². The second-order valence-corrected chi connectivity index (χ2v) is 5.26. The predicted molar refractivity (Wildman–Crippen MR) is 76.6 cm³/mol. The molecule has 6 heteroatoms. The van der Waals surface area contributed by atoms with Crippen LogP contribution in [-0.4, -0.2) is 9.78 Å². The molecule has 0 unspecified atom stereocenters. The van der Waals surface area contributed by atoms with Crippen LogP contribution in [0.15, 0.2) is 29.1 Å². The lowest BCUT2D eigenvalue weighted by Gasteiger charge is -2.12. The van der Waals surface area contributed by atoms with Gasteiger partial charge in [0.25, 0.3) is 5.56 Å². The molecule has 0 saturated carbocycles. The maximum atomic E-state index is 13.9. The van der Waals surface area contributed by atoms with Gasteiger partial charge in [-0.3, -0.25) is 4.79 Å². The summed E-state index contributed by atoms with van der Waals surface area (Å²) in [7, 11) is 0. The first kappa shape index (κ1) is 15.3. The minimum atomic E-state index is -0.722. The largest absolute Gasteiger partial charge is 0.326 e. The van der Waals surface area contributed by atoms with Crippen molar-refractivity contribution < 1.29 is 8.78 Å². The lowest BCUT2D eigenvalue weighted by molar-refractivity contribution is 0.462. The van der Waals surface area contributed by atoms with Crippen molar-refractivity contribution in [3.8, 4) is 11.3 Å². The molecule has 0 fully saturated rings. The van der Waals surface area contributed by atoms with E-state index < -0.39 is 11.6 Å². The standard InChI is InChI=1S/C15H17F2N3O/c1-9(2)8-20-15(21)10(7-18)5-14(19-20)12-4-3-11(16)6-13(12)17/h3-6,9H,7-8,18H2,1-2H3. The van der Waals surface area contributed by atoms with Crippen molar-refractivity contribution in [3.05, 3.63) is 51.8 Å². The van der Waals surface area contributed by atoms with Crippen LogP contribution in [0.3, 0.4) is 0 Å². The number of benzene rings is 1. The van der Waals surface area contributed by atoms with E-state index in [-0.39, 0.29) is 29.3 Å². The molecule has 0 amide bonds. The van der Waals surface area contributed by atoms with Crippen molar-refractivity contribution >= 4 is 0 Å². The van der Waals surface area contributed by atoms with Crippen molar-refractivity contribution in [1.29, 1.82) is 0 Å². The molecule has 0 radical (unpaired) electrons. The Kier molecular flexibility index (Phi) is 4.47. The van der Waals surface area contributed by atoms with Crippen LogP contribution in [0.4, 0.5) is 8.78 Å². The molecular formula is C15H17F2N3O. The first-order chi connectivity index (χ1) is 9.92. The quantitative estimate of drug-likeness (QED) is 0.941. The number of halogens is 2. The molecule has 0 aliphatic heterocycles. The van der Waals surface area contributed by atoms with E-state index in [4.69, 9.17) is 5.73 Å². The minimum Gasteiger partial charge on any atom is -0.326 e. The number of rotatable bonds is 4. The second kappa shape index (κ2) is 6.13. The molecule has 1 heterocycles. The van der Waals surface area contributed by atoms with Crippen LogP contribution in [0.25, 0.3) is 11.3 Å². The van der Waals surface area contributed by atoms with Gasteiger partial charge in [0, 0.05) is 30.3 Å². The Morgan fingerprint density at radius 3 is 2.57 bits per heavy atom. The fourth-order valence-corrected chi connectivity index (χ4v) is 2.04. The summed E-state index contributed by atoms with van der Waals surface area (Å²) in [6.45, 7) is 4.33. The molecule has 21 heavy (non-hydrogen) atoms. The minimum absolute atomic E-state index is 0.0370. The van der Waals surface area contributed by atoms with Gasteiger partial charge in [-0.2, -0.15) is 5.10 Å². The Balaban J connectivity index is 2.60. The van der Waals surface area contributed by atoms with Crippen molar-refractivity contribution in [3.63, 3.8) is 0 Å². The Labute approximate surface area is 121 Å². The predicted octanol–water partition coefficient (Wildman–Crippen LogP) is 2.30. The fraction of sp³-hybridized carbons (Fsp3) is 0.333. The van der Waals surface area contributed by atoms with Crippen LogP contribution in [0.1, 0.15) is 19.4 Å². The summed E-state index contributed by atoms with van der Waals surface area (Å²) in [5.41, 5.74) is 6.05. The van der Waals surface area contributed by atoms with Crippen LogP contribution in [0.2, 0.25) is 0 Å². The molecule has 0 aliphatic rings. The average Bonchev–Trinajstić information content (AvgIpc) is 2.41. The monoisotopic (exact) mass is 293 g/mol. The van der Waals surface area contributed by atoms with Crippen molar-refractivity contribution in [2.24, 2.45) is 11.7 Å². The van der Waals surface area contributed by atoms with Gasteiger partial charge in [-0.1, -0.05) is 13.8 Å². The summed E-state index contributed by atoms with van der Waals surface area (Å²) in [4.78, 5) is 12.1. The molecule has 4 nitrogen and oxygen atoms in total. The SMILES string of the molecule is CC(C)Cn1nc(-c2ccc(F)cc2F)cc(CN)c1=O. The summed E-state index contributed by atoms with van der Waals surface area (Å²) < 4.78 is 28.1. The van der Waals surface area contributed by atoms with Gasteiger partial charge >= 0.3 is 0 Å². The van der Waals surface area contributed by atoms with E-state index in [1.165, 1.54) is 16.8 Å². The van der Waals surface area contributed by atoms with Gasteiger partial charge < -0.3 is 5.73 Å². The van der Waals surface area contributed by atoms with Crippen LogP contribution >= 0.6 is 0 Å². The highest BCUT2D eigenvalue weighted by Crippen LogP contribution is 2.21. The molecule has 2 aromatic rings. The fourth-order valence-electron chi connectivity index (χ4n) is 2.04. The van der Waals surface area contributed by atoms with Crippen molar-refractivity contribution in [2.75, 3.05) is 0 Å². The number of hydrogen-bond acceptors (Lipinski definition) is 3. The summed E-state index contributed by atoms with van der Waals surface area (Å²) in [5, 5.41) is 4.17. The lowest BCUT2D eigenvalue weighted by Crippen LogP contribution is -2.29. The Hall–Kier alpha value is -2.08. The van der Waals surface area contributed by atoms with Crippen LogP contribution in [0.5, 0.6) is 0 Å². The Morgan fingerprint density at radius 1 is 1.29 bits per heavy atom. The molecular weight excluding hydrogens is 276 g/mol. The van der Waals surface area contributed by atoms with E-state index in [0.717, 1.165) is 12.1 Å². The highest BCUT2D eigenvalue weighted by atomic mass is 19.1. The highest BCUT2D eigenvalue weighted by molar-refractivity contribution is 5.59. The van der Waals surface area contributed by atoms with Gasteiger partial charge in [0.1, 0.15) is 11.6 Å². The second-order valence-electron chi connectivity index (χ2n) is 5.26. The van der Waals surface area contributed by atoms with Gasteiger partial charge in [0.15, 0.2) is 0 Å².